The first-order chi connectivity index (χ1) is 10.2. The molecule has 0 aromatic heterocycles. The van der Waals surface area contributed by atoms with Crippen molar-refractivity contribution in [1.82, 2.24) is 0 Å². The van der Waals surface area contributed by atoms with Crippen molar-refractivity contribution in [2.45, 2.75) is 20.8 Å². The first-order valence-electron chi connectivity index (χ1n) is 6.82. The molecule has 0 fully saturated rings. The SMILES string of the molecule is C[CH-]C.Cc1cc2c(Br)cccc2[cH-]1.[CH-]=[SiH2].[Zr+4].c1cc[cH-]c1. The van der Waals surface area contributed by atoms with Crippen LogP contribution in [0.25, 0.3) is 10.8 Å². The Morgan fingerprint density at radius 2 is 1.64 bits per heavy atom. The molecule has 114 valence electrons. The zero-order chi connectivity index (χ0) is 16.1. The molecule has 0 atom stereocenters. The van der Waals surface area contributed by atoms with Gasteiger partial charge in [0.15, 0.2) is 0 Å². The summed E-state index contributed by atoms with van der Waals surface area (Å²) in [4.78, 5) is 0. The van der Waals surface area contributed by atoms with Gasteiger partial charge in [-0.3, -0.25) is 0 Å². The number of halogens is 1. The van der Waals surface area contributed by atoms with E-state index in [-0.39, 0.29) is 26.2 Å². The van der Waals surface area contributed by atoms with Crippen molar-refractivity contribution >= 4 is 42.7 Å². The second-order valence-corrected chi connectivity index (χ2v) is 5.17. The molecule has 0 spiro atoms. The minimum absolute atomic E-state index is 0. The third-order valence-corrected chi connectivity index (χ3v) is 3.09. The van der Waals surface area contributed by atoms with Crippen LogP contribution >= 0.6 is 15.9 Å². The molecule has 3 rings (SSSR count). The molecule has 3 aromatic rings. The van der Waals surface area contributed by atoms with Crippen LogP contribution in [0.4, 0.5) is 0 Å². The molecule has 0 aliphatic rings. The Bertz CT molecular complexity index is 567. The normalized spacial score (nSPS) is 8.18. The Labute approximate surface area is 166 Å². The average molecular weight is 451 g/mol. The Hall–Kier alpha value is -0.370. The summed E-state index contributed by atoms with van der Waals surface area (Å²) in [7, 11) is 1.36. The van der Waals surface area contributed by atoms with Gasteiger partial charge in [-0.25, -0.2) is 22.0 Å². The zero-order valence-corrected chi connectivity index (χ0v) is 19.0. The summed E-state index contributed by atoms with van der Waals surface area (Å²) in [5, 5.41) is 2.63. The largest absolute Gasteiger partial charge is 4.00 e. The van der Waals surface area contributed by atoms with E-state index in [0.717, 1.165) is 0 Å². The number of fused-ring (bicyclic) bond motifs is 1. The fourth-order valence-electron chi connectivity index (χ4n) is 1.67. The molecule has 0 nitrogen and oxygen atoms in total. The average Bonchev–Trinajstić information content (AvgIpc) is 3.14. The Balaban J connectivity index is 0. The number of benzene rings is 1. The van der Waals surface area contributed by atoms with Crippen molar-refractivity contribution in [1.29, 1.82) is 0 Å². The van der Waals surface area contributed by atoms with E-state index in [0.29, 0.717) is 0 Å². The molecule has 3 heteroatoms. The van der Waals surface area contributed by atoms with Gasteiger partial charge in [0, 0.05) is 0 Å². The van der Waals surface area contributed by atoms with E-state index in [9.17, 15) is 0 Å². The van der Waals surface area contributed by atoms with E-state index >= 15 is 0 Å². The third kappa shape index (κ3) is 9.61. The van der Waals surface area contributed by atoms with Crippen LogP contribution in [-0.4, -0.2) is 16.0 Å². The Morgan fingerprint density at radius 3 is 2.05 bits per heavy atom. The van der Waals surface area contributed by atoms with Crippen molar-refractivity contribution in [3.63, 3.8) is 0 Å². The van der Waals surface area contributed by atoms with Gasteiger partial charge in [0.2, 0.25) is 0 Å². The predicted molar refractivity (Wildman–Crippen MR) is 104 cm³/mol. The molecule has 0 aliphatic carbocycles. The topological polar surface area (TPSA) is 0 Å². The number of rotatable bonds is 0. The maximum absolute atomic E-state index is 4.53. The molecule has 0 unspecified atom stereocenters. The predicted octanol–water partition coefficient (Wildman–Crippen LogP) is 5.19. The molecule has 0 bridgehead atoms. The molecule has 0 saturated heterocycles. The molecule has 3 aromatic carbocycles. The van der Waals surface area contributed by atoms with Crippen molar-refractivity contribution in [3.05, 3.63) is 77.1 Å². The third-order valence-electron chi connectivity index (χ3n) is 2.40. The summed E-state index contributed by atoms with van der Waals surface area (Å²) < 4.78 is 1.18. The molecular weight excluding hydrogens is 427 g/mol. The number of hydrogen-bond acceptors (Lipinski definition) is 0. The summed E-state index contributed by atoms with van der Waals surface area (Å²) in [5.41, 5.74) is 1.33. The van der Waals surface area contributed by atoms with Gasteiger partial charge in [-0.15, -0.1) is 34.5 Å². The molecule has 0 aliphatic heterocycles. The van der Waals surface area contributed by atoms with Crippen LogP contribution in [-0.2, 0) is 26.2 Å². The van der Waals surface area contributed by atoms with Gasteiger partial charge in [-0.1, -0.05) is 28.9 Å². The van der Waals surface area contributed by atoms with Crippen LogP contribution < -0.4 is 0 Å². The molecule has 0 radical (unpaired) electrons. The summed E-state index contributed by atoms with van der Waals surface area (Å²) >= 11 is 3.51. The van der Waals surface area contributed by atoms with Gasteiger partial charge < -0.3 is 12.6 Å². The van der Waals surface area contributed by atoms with Gasteiger partial charge in [-0.05, 0) is 4.47 Å². The fraction of sp³-hybridized carbons (Fsp3) is 0.158. The van der Waals surface area contributed by atoms with Crippen molar-refractivity contribution < 1.29 is 26.2 Å². The number of aryl methyl sites for hydroxylation is 1. The Kier molecular flexibility index (Phi) is 16.9. The first kappa shape index (κ1) is 23.9. The van der Waals surface area contributed by atoms with Gasteiger partial charge >= 0.3 is 26.2 Å². The monoisotopic (exact) mass is 448 g/mol. The van der Waals surface area contributed by atoms with Crippen LogP contribution in [0.2, 0.25) is 0 Å². The van der Waals surface area contributed by atoms with Crippen molar-refractivity contribution in [2.75, 3.05) is 0 Å². The van der Waals surface area contributed by atoms with E-state index in [4.69, 9.17) is 0 Å². The van der Waals surface area contributed by atoms with Crippen LogP contribution in [0.3, 0.4) is 0 Å². The van der Waals surface area contributed by atoms with Crippen LogP contribution in [0.1, 0.15) is 19.4 Å². The minimum Gasteiger partial charge on any atom is -0.533 e. The summed E-state index contributed by atoms with van der Waals surface area (Å²) in [6, 6.07) is 20.7. The van der Waals surface area contributed by atoms with Gasteiger partial charge in [-0.2, -0.15) is 38.1 Å². The van der Waals surface area contributed by atoms with Crippen LogP contribution in [0, 0.1) is 13.3 Å². The minimum atomic E-state index is 0. The molecule has 0 saturated carbocycles. The van der Waals surface area contributed by atoms with E-state index < -0.39 is 0 Å². The van der Waals surface area contributed by atoms with E-state index in [1.54, 1.807) is 0 Å². The summed E-state index contributed by atoms with van der Waals surface area (Å²) in [5.74, 6) is 0. The van der Waals surface area contributed by atoms with E-state index in [1.165, 1.54) is 30.7 Å². The van der Waals surface area contributed by atoms with Crippen LogP contribution in [0.5, 0.6) is 0 Å². The van der Waals surface area contributed by atoms with Gasteiger partial charge in [0.1, 0.15) is 0 Å². The zero-order valence-electron chi connectivity index (χ0n) is 13.5. The smallest absolute Gasteiger partial charge is 0.533 e. The standard InChI is InChI=1S/C10H8Br.C5H5.C3H7.CH3Si.Zr/c1-7-5-8-3-2-4-10(11)9(8)6-7;1-2-4-5-3-1;1-3-2;1-2;/h2-6H,1H3;1-5H;3H,1-2H3;1H,2H2;/q4*-1;+4. The Morgan fingerprint density at radius 1 is 1.09 bits per heavy atom. The second-order valence-electron chi connectivity index (χ2n) is 4.32. The molecule has 0 amide bonds. The summed E-state index contributed by atoms with van der Waals surface area (Å²) in [6.07, 6.45) is 6.53. The van der Waals surface area contributed by atoms with Crippen LogP contribution in [0.15, 0.2) is 65.1 Å². The molecule has 22 heavy (non-hydrogen) atoms. The summed E-state index contributed by atoms with van der Waals surface area (Å²) in [6.45, 7) is 6.12. The first-order valence-corrected chi connectivity index (χ1v) is 8.43. The van der Waals surface area contributed by atoms with Gasteiger partial charge in [0.25, 0.3) is 0 Å². The maximum atomic E-state index is 4.53. The fourth-order valence-corrected chi connectivity index (χ4v) is 2.16. The van der Waals surface area contributed by atoms with E-state index in [2.05, 4.69) is 59.4 Å². The number of hydrogen-bond donors (Lipinski definition) is 0. The molecular formula is C19H23BrSiZr. The van der Waals surface area contributed by atoms with Crippen molar-refractivity contribution in [2.24, 2.45) is 0 Å². The molecule has 0 N–H and O–H groups in total. The quantitative estimate of drug-likeness (QED) is 0.327. The second kappa shape index (κ2) is 15.5. The maximum Gasteiger partial charge on any atom is 4.00 e. The molecule has 0 heterocycles. The van der Waals surface area contributed by atoms with Gasteiger partial charge in [0.05, 0.1) is 0 Å². The van der Waals surface area contributed by atoms with E-state index in [1.807, 2.05) is 50.6 Å². The van der Waals surface area contributed by atoms with Crippen molar-refractivity contribution in [3.8, 4) is 0 Å².